The molecule has 0 unspecified atom stereocenters. The lowest BCUT2D eigenvalue weighted by Gasteiger charge is -2.15. The van der Waals surface area contributed by atoms with E-state index >= 15 is 0 Å². The lowest BCUT2D eigenvalue weighted by Crippen LogP contribution is -2.29. The van der Waals surface area contributed by atoms with Gasteiger partial charge in [0, 0.05) is 6.04 Å². The minimum Gasteiger partial charge on any atom is -0.395 e. The third-order valence-corrected chi connectivity index (χ3v) is 1.88. The first-order valence-electron chi connectivity index (χ1n) is 3.15. The van der Waals surface area contributed by atoms with Crippen molar-refractivity contribution in [3.8, 4) is 0 Å². The van der Waals surface area contributed by atoms with Crippen molar-refractivity contribution in [3.05, 3.63) is 0 Å². The summed E-state index contributed by atoms with van der Waals surface area (Å²) in [7, 11) is 2.06. The zero-order valence-electron chi connectivity index (χ0n) is 5.30. The number of aliphatic hydroxyl groups is 1. The largest absolute Gasteiger partial charge is 0.395 e. The molecule has 0 aromatic heterocycles. The normalized spacial score (nSPS) is 31.4. The topological polar surface area (TPSA) is 23.5 Å². The van der Waals surface area contributed by atoms with E-state index in [2.05, 4.69) is 12.8 Å². The highest BCUT2D eigenvalue weighted by molar-refractivity contribution is 6.04. The fourth-order valence-electron chi connectivity index (χ4n) is 1.21. The Morgan fingerprint density at radius 1 is 1.75 bits per heavy atom. The first-order chi connectivity index (χ1) is 3.84. The lowest BCUT2D eigenvalue weighted by molar-refractivity contribution is 0.217. The van der Waals surface area contributed by atoms with Crippen LogP contribution >= 0.6 is 0 Å². The molecule has 1 N–H and O–H groups in total. The second-order valence-corrected chi connectivity index (χ2v) is 2.46. The fraction of sp³-hybridized carbons (Fsp3) is 1.00. The summed E-state index contributed by atoms with van der Waals surface area (Å²) in [5.74, 6) is 0. The highest BCUT2D eigenvalue weighted by Crippen LogP contribution is 2.12. The molecule has 1 aliphatic rings. The van der Waals surface area contributed by atoms with Crippen molar-refractivity contribution in [2.45, 2.75) is 18.9 Å². The van der Waals surface area contributed by atoms with Crippen LogP contribution in [0.1, 0.15) is 12.8 Å². The predicted octanol–water partition coefficient (Wildman–Crippen LogP) is -1.01. The second-order valence-electron chi connectivity index (χ2n) is 2.46. The van der Waals surface area contributed by atoms with Gasteiger partial charge in [-0.15, -0.1) is 0 Å². The molecule has 1 saturated heterocycles. The van der Waals surface area contributed by atoms with Crippen molar-refractivity contribution in [2.24, 2.45) is 0 Å². The van der Waals surface area contributed by atoms with Gasteiger partial charge in [0.1, 0.15) is 0 Å². The highest BCUT2D eigenvalue weighted by Gasteiger charge is 2.18. The van der Waals surface area contributed by atoms with E-state index in [1.54, 1.807) is 0 Å². The molecule has 1 rings (SSSR count). The smallest absolute Gasteiger partial charge is 0.185 e. The molecule has 0 radical (unpaired) electrons. The molecule has 1 aliphatic heterocycles. The lowest BCUT2D eigenvalue weighted by atomic mass is 10.2. The van der Waals surface area contributed by atoms with E-state index in [1.165, 1.54) is 12.8 Å². The van der Waals surface area contributed by atoms with E-state index < -0.39 is 0 Å². The Labute approximate surface area is 50.9 Å². The second kappa shape index (κ2) is 2.51. The summed E-state index contributed by atoms with van der Waals surface area (Å²) in [5.41, 5.74) is 0. The first-order valence-corrected chi connectivity index (χ1v) is 3.15. The number of nitrogens with zero attached hydrogens (tertiary/aromatic N) is 1. The van der Waals surface area contributed by atoms with Crippen molar-refractivity contribution in [1.29, 1.82) is 0 Å². The molecule has 1 fully saturated rings. The third-order valence-electron chi connectivity index (χ3n) is 1.88. The zero-order chi connectivity index (χ0) is 5.98. The van der Waals surface area contributed by atoms with Gasteiger partial charge in [0.05, 0.1) is 6.61 Å². The maximum absolute atomic E-state index is 8.69. The molecule has 0 aliphatic carbocycles. The summed E-state index contributed by atoms with van der Waals surface area (Å²) in [6.07, 6.45) is 2.43. The van der Waals surface area contributed by atoms with Crippen molar-refractivity contribution in [2.75, 3.05) is 13.2 Å². The maximum Gasteiger partial charge on any atom is 0.185 e. The van der Waals surface area contributed by atoms with Crippen LogP contribution in [0.5, 0.6) is 0 Å². The van der Waals surface area contributed by atoms with Crippen molar-refractivity contribution in [1.82, 2.24) is 4.81 Å². The van der Waals surface area contributed by atoms with Crippen LogP contribution in [-0.4, -0.2) is 37.1 Å². The van der Waals surface area contributed by atoms with Crippen LogP contribution in [-0.2, 0) is 0 Å². The van der Waals surface area contributed by atoms with Gasteiger partial charge in [0.25, 0.3) is 0 Å². The van der Waals surface area contributed by atoms with Crippen LogP contribution in [0.15, 0.2) is 0 Å². The Morgan fingerprint density at radius 3 is 2.75 bits per heavy atom. The van der Waals surface area contributed by atoms with Crippen LogP contribution in [0.2, 0.25) is 0 Å². The Balaban J connectivity index is 2.30. The number of aliphatic hydroxyl groups excluding tert-OH is 1. The molecule has 0 aromatic rings. The summed E-state index contributed by atoms with van der Waals surface area (Å²) in [6, 6.07) is 0.454. The summed E-state index contributed by atoms with van der Waals surface area (Å²) >= 11 is 0. The quantitative estimate of drug-likeness (QED) is 0.440. The Hall–Kier alpha value is -0.0151. The molecule has 0 bridgehead atoms. The monoisotopic (exact) mass is 113 g/mol. The van der Waals surface area contributed by atoms with Gasteiger partial charge in [-0.05, 0) is 19.4 Å². The standard InChI is InChI=1S/C5H12BNO/c6-7-3-1-2-5(7)4-8/h5,8H,1-4,6H2/t5-/m0/s1. The van der Waals surface area contributed by atoms with Gasteiger partial charge in [-0.3, -0.25) is 0 Å². The number of hydrogen-bond acceptors (Lipinski definition) is 2. The molecule has 0 aromatic carbocycles. The predicted molar refractivity (Wildman–Crippen MR) is 35.4 cm³/mol. The van der Waals surface area contributed by atoms with Crippen molar-refractivity contribution < 1.29 is 5.11 Å². The van der Waals surface area contributed by atoms with Gasteiger partial charge in [-0.1, -0.05) is 0 Å². The zero-order valence-corrected chi connectivity index (χ0v) is 5.30. The van der Waals surface area contributed by atoms with Crippen LogP contribution in [0, 0.1) is 0 Å². The highest BCUT2D eigenvalue weighted by atomic mass is 16.3. The van der Waals surface area contributed by atoms with Gasteiger partial charge in [-0.25, -0.2) is 0 Å². The van der Waals surface area contributed by atoms with Gasteiger partial charge in [0.2, 0.25) is 0 Å². The summed E-state index contributed by atoms with van der Waals surface area (Å²) in [4.78, 5) is 2.21. The average molecular weight is 113 g/mol. The van der Waals surface area contributed by atoms with E-state index in [0.717, 1.165) is 6.54 Å². The summed E-state index contributed by atoms with van der Waals surface area (Å²) in [6.45, 7) is 1.49. The fourth-order valence-corrected chi connectivity index (χ4v) is 1.21. The maximum atomic E-state index is 8.69. The molecule has 0 amide bonds. The third kappa shape index (κ3) is 1.04. The van der Waals surface area contributed by atoms with Gasteiger partial charge in [-0.2, -0.15) is 0 Å². The molecule has 46 valence electrons. The van der Waals surface area contributed by atoms with Gasteiger partial charge in [0.15, 0.2) is 7.98 Å². The Kier molecular flexibility index (Phi) is 1.92. The Bertz CT molecular complexity index is 78.8. The number of rotatable bonds is 1. The van der Waals surface area contributed by atoms with Crippen LogP contribution in [0.25, 0.3) is 0 Å². The van der Waals surface area contributed by atoms with E-state index in [1.807, 2.05) is 0 Å². The minimum atomic E-state index is 0.330. The van der Waals surface area contributed by atoms with Gasteiger partial charge < -0.3 is 9.92 Å². The summed E-state index contributed by atoms with van der Waals surface area (Å²) in [5, 5.41) is 8.69. The van der Waals surface area contributed by atoms with Crippen molar-refractivity contribution in [3.63, 3.8) is 0 Å². The molecule has 0 spiro atoms. The molecule has 3 heteroatoms. The van der Waals surface area contributed by atoms with Gasteiger partial charge >= 0.3 is 0 Å². The average Bonchev–Trinajstić information content (AvgIpc) is 2.14. The van der Waals surface area contributed by atoms with E-state index in [9.17, 15) is 0 Å². The van der Waals surface area contributed by atoms with E-state index in [0.29, 0.717) is 12.6 Å². The van der Waals surface area contributed by atoms with E-state index in [-0.39, 0.29) is 0 Å². The molecular weight excluding hydrogens is 101 g/mol. The molecule has 1 atom stereocenters. The van der Waals surface area contributed by atoms with Crippen LogP contribution < -0.4 is 0 Å². The van der Waals surface area contributed by atoms with E-state index in [4.69, 9.17) is 5.11 Å². The molecule has 1 heterocycles. The van der Waals surface area contributed by atoms with Crippen molar-refractivity contribution >= 4 is 7.98 Å². The Morgan fingerprint density at radius 2 is 2.50 bits per heavy atom. The number of hydrogen-bond donors (Lipinski definition) is 1. The molecular formula is C5H12BNO. The molecule has 2 nitrogen and oxygen atoms in total. The molecule has 8 heavy (non-hydrogen) atoms. The summed E-state index contributed by atoms with van der Waals surface area (Å²) < 4.78 is 0. The molecule has 0 saturated carbocycles. The van der Waals surface area contributed by atoms with Crippen LogP contribution in [0.3, 0.4) is 0 Å². The SMILES string of the molecule is BN1CCC[C@H]1CO. The first kappa shape index (κ1) is 6.11. The minimum absolute atomic E-state index is 0.330. The van der Waals surface area contributed by atoms with Crippen LogP contribution in [0.4, 0.5) is 0 Å².